The molecule has 0 atom stereocenters. The van der Waals surface area contributed by atoms with E-state index in [0.717, 1.165) is 65.9 Å². The summed E-state index contributed by atoms with van der Waals surface area (Å²) in [5.41, 5.74) is 3.93. The fraction of sp³-hybridized carbons (Fsp3) is 0.225. The Morgan fingerprint density at radius 3 is 1.83 bits per heavy atom. The maximum atomic E-state index is 12.5. The van der Waals surface area contributed by atoms with E-state index in [1.807, 2.05) is 103 Å². The number of hydrogen-bond donors (Lipinski definition) is 0. The number of nitro groups is 1. The molecule has 8 heteroatoms. The largest absolute Gasteiger partial charge is 0.487 e. The summed E-state index contributed by atoms with van der Waals surface area (Å²) in [6.07, 6.45) is 4.33. The molecule has 0 radical (unpaired) electrons. The van der Waals surface area contributed by atoms with Gasteiger partial charge in [-0.2, -0.15) is 0 Å². The van der Waals surface area contributed by atoms with E-state index in [0.29, 0.717) is 19.8 Å². The van der Waals surface area contributed by atoms with Crippen LogP contribution < -0.4 is 14.2 Å². The molecule has 0 amide bonds. The van der Waals surface area contributed by atoms with Gasteiger partial charge < -0.3 is 18.9 Å². The van der Waals surface area contributed by atoms with Gasteiger partial charge in [-0.05, 0) is 59.7 Å². The Morgan fingerprint density at radius 2 is 1.19 bits per heavy atom. The summed E-state index contributed by atoms with van der Waals surface area (Å²) in [5.74, 6) is 0.987. The molecule has 0 fully saturated rings. The minimum atomic E-state index is -0.629. The summed E-state index contributed by atoms with van der Waals surface area (Å²) in [6, 6.07) is 39.6. The van der Waals surface area contributed by atoms with Gasteiger partial charge in [-0.25, -0.2) is 4.79 Å². The van der Waals surface area contributed by atoms with Crippen LogP contribution >= 0.6 is 0 Å². The molecule has 5 rings (SSSR count). The third-order valence-electron chi connectivity index (χ3n) is 7.73. The molecule has 0 N–H and O–H groups in total. The van der Waals surface area contributed by atoms with Crippen molar-refractivity contribution >= 4 is 11.7 Å². The first-order valence-corrected chi connectivity index (χ1v) is 16.1. The average molecular weight is 646 g/mol. The van der Waals surface area contributed by atoms with Gasteiger partial charge in [0, 0.05) is 6.07 Å². The molecule has 0 aromatic heterocycles. The zero-order chi connectivity index (χ0) is 33.4. The Labute approximate surface area is 281 Å². The number of aryl methyl sites for hydroxylation is 1. The number of benzene rings is 5. The second-order valence-corrected chi connectivity index (χ2v) is 11.3. The predicted molar refractivity (Wildman–Crippen MR) is 184 cm³/mol. The molecule has 8 nitrogen and oxygen atoms in total. The third kappa shape index (κ3) is 10.2. The summed E-state index contributed by atoms with van der Waals surface area (Å²) >= 11 is 0. The zero-order valence-corrected chi connectivity index (χ0v) is 26.8. The maximum Gasteiger partial charge on any atom is 0.338 e. The van der Waals surface area contributed by atoms with Gasteiger partial charge >= 0.3 is 11.7 Å². The molecular weight excluding hydrogens is 606 g/mol. The molecule has 0 aliphatic rings. The molecule has 0 heterocycles. The fourth-order valence-electron chi connectivity index (χ4n) is 5.17. The number of esters is 1. The average Bonchev–Trinajstić information content (AvgIpc) is 3.13. The predicted octanol–water partition coefficient (Wildman–Crippen LogP) is 9.29. The first-order valence-electron chi connectivity index (χ1n) is 16.1. The van der Waals surface area contributed by atoms with Crippen molar-refractivity contribution in [3.8, 4) is 17.2 Å². The van der Waals surface area contributed by atoms with Gasteiger partial charge in [-0.15, -0.1) is 0 Å². The Morgan fingerprint density at radius 1 is 0.583 bits per heavy atom. The maximum absolute atomic E-state index is 12.5. The lowest BCUT2D eigenvalue weighted by atomic mass is 10.0. The van der Waals surface area contributed by atoms with Gasteiger partial charge in [0.15, 0.2) is 17.2 Å². The monoisotopic (exact) mass is 645 g/mol. The smallest absolute Gasteiger partial charge is 0.338 e. The molecule has 5 aromatic carbocycles. The third-order valence-corrected chi connectivity index (χ3v) is 7.73. The highest BCUT2D eigenvalue weighted by molar-refractivity contribution is 5.90. The number of hydrogen-bond acceptors (Lipinski definition) is 7. The van der Waals surface area contributed by atoms with E-state index in [4.69, 9.17) is 18.9 Å². The number of nitro benzene ring substituents is 1. The Hall–Kier alpha value is -5.63. The van der Waals surface area contributed by atoms with Gasteiger partial charge in [-0.1, -0.05) is 116 Å². The van der Waals surface area contributed by atoms with Gasteiger partial charge in [0.2, 0.25) is 0 Å². The molecule has 5 aromatic rings. The topological polar surface area (TPSA) is 97.1 Å². The van der Waals surface area contributed by atoms with Gasteiger partial charge in [0.1, 0.15) is 19.8 Å². The highest BCUT2D eigenvalue weighted by atomic mass is 16.6. The van der Waals surface area contributed by atoms with E-state index >= 15 is 0 Å². The van der Waals surface area contributed by atoms with Crippen LogP contribution in [-0.2, 0) is 31.0 Å². The standard InChI is InChI=1S/C40H39NO7/c42-40(48-30-33-19-10-5-11-20-33)35-24-25-37(36(27-35)41(43)44)45-26-13-2-1-12-21-34-22-14-23-38(46-28-31-15-6-3-7-16-31)39(34)47-29-32-17-8-4-9-18-32/h3-11,14-20,22-25,27H,1-2,12-13,21,26,28-30H2. The molecule has 246 valence electrons. The van der Waals surface area contributed by atoms with Crippen molar-refractivity contribution in [2.75, 3.05) is 6.61 Å². The molecule has 0 unspecified atom stereocenters. The van der Waals surface area contributed by atoms with Gasteiger partial charge in [-0.3, -0.25) is 10.1 Å². The van der Waals surface area contributed by atoms with Crippen molar-refractivity contribution in [2.45, 2.75) is 51.9 Å². The van der Waals surface area contributed by atoms with E-state index in [1.165, 1.54) is 18.2 Å². The number of carbonyl (C=O) groups is 1. The summed E-state index contributed by atoms with van der Waals surface area (Å²) < 4.78 is 23.6. The SMILES string of the molecule is O=C(OCc1ccccc1)c1ccc(OCCCCCCc2cccc(OCc3ccccc3)c2OCc2ccccc2)c([N+](=O)[O-])c1. The summed E-state index contributed by atoms with van der Waals surface area (Å²) in [6.45, 7) is 1.30. The molecule has 0 aliphatic carbocycles. The minimum absolute atomic E-state index is 0.0845. The highest BCUT2D eigenvalue weighted by Gasteiger charge is 2.20. The van der Waals surface area contributed by atoms with Crippen LogP contribution in [0.15, 0.2) is 127 Å². The zero-order valence-electron chi connectivity index (χ0n) is 26.8. The molecule has 0 saturated heterocycles. The van der Waals surface area contributed by atoms with Crippen LogP contribution in [0.5, 0.6) is 17.2 Å². The van der Waals surface area contributed by atoms with Crippen LogP contribution in [0.25, 0.3) is 0 Å². The van der Waals surface area contributed by atoms with Crippen LogP contribution in [0.3, 0.4) is 0 Å². The lowest BCUT2D eigenvalue weighted by Crippen LogP contribution is -2.07. The van der Waals surface area contributed by atoms with Crippen LogP contribution in [0.4, 0.5) is 5.69 Å². The summed E-state index contributed by atoms with van der Waals surface area (Å²) in [5, 5.41) is 11.7. The number of unbranched alkanes of at least 4 members (excludes halogenated alkanes) is 3. The molecule has 48 heavy (non-hydrogen) atoms. The van der Waals surface area contributed by atoms with Crippen molar-refractivity contribution in [2.24, 2.45) is 0 Å². The van der Waals surface area contributed by atoms with Crippen LogP contribution in [-0.4, -0.2) is 17.5 Å². The Balaban J connectivity index is 1.10. The van der Waals surface area contributed by atoms with E-state index in [1.54, 1.807) is 0 Å². The highest BCUT2D eigenvalue weighted by Crippen LogP contribution is 2.34. The normalized spacial score (nSPS) is 10.7. The van der Waals surface area contributed by atoms with Crippen molar-refractivity contribution in [1.82, 2.24) is 0 Å². The first kappa shape index (κ1) is 33.7. The van der Waals surface area contributed by atoms with Crippen molar-refractivity contribution in [1.29, 1.82) is 0 Å². The van der Waals surface area contributed by atoms with E-state index in [-0.39, 0.29) is 23.6 Å². The van der Waals surface area contributed by atoms with Crippen LogP contribution in [0.2, 0.25) is 0 Å². The lowest BCUT2D eigenvalue weighted by Gasteiger charge is -2.17. The lowest BCUT2D eigenvalue weighted by molar-refractivity contribution is -0.385. The van der Waals surface area contributed by atoms with Crippen molar-refractivity contribution in [3.05, 3.63) is 165 Å². The molecular formula is C40H39NO7. The second-order valence-electron chi connectivity index (χ2n) is 11.3. The Kier molecular flexibility index (Phi) is 12.6. The first-order chi connectivity index (χ1) is 23.6. The number of rotatable bonds is 18. The van der Waals surface area contributed by atoms with E-state index in [9.17, 15) is 14.9 Å². The van der Waals surface area contributed by atoms with Crippen LogP contribution in [0.1, 0.15) is 58.3 Å². The van der Waals surface area contributed by atoms with Gasteiger partial charge in [0.25, 0.3) is 0 Å². The van der Waals surface area contributed by atoms with Crippen LogP contribution in [0, 0.1) is 10.1 Å². The number of para-hydroxylation sites is 1. The second kappa shape index (κ2) is 17.9. The quantitative estimate of drug-likeness (QED) is 0.0405. The van der Waals surface area contributed by atoms with Gasteiger partial charge in [0.05, 0.1) is 17.1 Å². The number of ether oxygens (including phenoxy) is 4. The fourth-order valence-corrected chi connectivity index (χ4v) is 5.17. The van der Waals surface area contributed by atoms with E-state index < -0.39 is 10.9 Å². The summed E-state index contributed by atoms with van der Waals surface area (Å²) in [7, 11) is 0. The van der Waals surface area contributed by atoms with E-state index in [2.05, 4.69) is 6.07 Å². The molecule has 0 bridgehead atoms. The molecule has 0 aliphatic heterocycles. The number of carbonyl (C=O) groups excluding carboxylic acids is 1. The minimum Gasteiger partial charge on any atom is -0.487 e. The van der Waals surface area contributed by atoms with Crippen molar-refractivity contribution < 1.29 is 28.7 Å². The number of nitrogens with zero attached hydrogens (tertiary/aromatic N) is 1. The van der Waals surface area contributed by atoms with Crippen molar-refractivity contribution in [3.63, 3.8) is 0 Å². The molecule has 0 spiro atoms. The Bertz CT molecular complexity index is 1740. The molecule has 0 saturated carbocycles. The summed E-state index contributed by atoms with van der Waals surface area (Å²) in [4.78, 5) is 23.7.